The smallest absolute Gasteiger partial charge is 0.268 e. The maximum Gasteiger partial charge on any atom is 0.268 e. The van der Waals surface area contributed by atoms with Crippen LogP contribution in [0.5, 0.6) is 0 Å². The molecule has 0 aromatic carbocycles. The molecule has 1 aromatic heterocycles. The van der Waals surface area contributed by atoms with Crippen LogP contribution in [0.3, 0.4) is 0 Å². The molecule has 21 heavy (non-hydrogen) atoms. The lowest BCUT2D eigenvalue weighted by molar-refractivity contribution is 0.199. The van der Waals surface area contributed by atoms with Crippen LogP contribution in [0.15, 0.2) is 17.1 Å². The van der Waals surface area contributed by atoms with Crippen LogP contribution in [0.4, 0.5) is 5.69 Å². The first-order valence-electron chi connectivity index (χ1n) is 7.74. The van der Waals surface area contributed by atoms with Gasteiger partial charge in [-0.05, 0) is 33.2 Å². The summed E-state index contributed by atoms with van der Waals surface area (Å²) in [7, 11) is 1.70. The summed E-state index contributed by atoms with van der Waals surface area (Å²) < 4.78 is 6.50. The Balaban J connectivity index is 2.38. The van der Waals surface area contributed by atoms with Gasteiger partial charge < -0.3 is 15.0 Å². The van der Waals surface area contributed by atoms with Crippen molar-refractivity contribution in [2.45, 2.75) is 33.2 Å². The Kier molecular flexibility index (Phi) is 8.69. The van der Waals surface area contributed by atoms with Crippen LogP contribution in [-0.2, 0) is 11.3 Å². The zero-order valence-corrected chi connectivity index (χ0v) is 13.5. The van der Waals surface area contributed by atoms with Gasteiger partial charge >= 0.3 is 0 Å². The molecule has 120 valence electrons. The Morgan fingerprint density at radius 2 is 2.05 bits per heavy atom. The zero-order chi connectivity index (χ0) is 15.5. The summed E-state index contributed by atoms with van der Waals surface area (Å²) >= 11 is 0. The summed E-state index contributed by atoms with van der Waals surface area (Å²) in [6.45, 7) is 9.13. The van der Waals surface area contributed by atoms with E-state index in [-0.39, 0.29) is 5.56 Å². The highest BCUT2D eigenvalue weighted by Crippen LogP contribution is 2.08. The van der Waals surface area contributed by atoms with Crippen LogP contribution in [0, 0.1) is 0 Å². The minimum atomic E-state index is -0.0215. The zero-order valence-electron chi connectivity index (χ0n) is 13.5. The van der Waals surface area contributed by atoms with E-state index in [9.17, 15) is 4.79 Å². The Morgan fingerprint density at radius 3 is 2.67 bits per heavy atom. The summed E-state index contributed by atoms with van der Waals surface area (Å²) in [5.41, 5.74) is 0.884. The average Bonchev–Trinajstić information content (AvgIpc) is 2.49. The van der Waals surface area contributed by atoms with Gasteiger partial charge in [0, 0.05) is 39.4 Å². The Bertz CT molecular complexity index is 444. The molecule has 1 heterocycles. The van der Waals surface area contributed by atoms with E-state index < -0.39 is 0 Å². The number of hydrogen-bond acceptors (Lipinski definition) is 5. The van der Waals surface area contributed by atoms with Crippen LogP contribution in [-0.4, -0.2) is 49.7 Å². The number of anilines is 1. The van der Waals surface area contributed by atoms with Crippen LogP contribution >= 0.6 is 0 Å². The number of methoxy groups -OCH3 is 1. The molecule has 0 aliphatic carbocycles. The van der Waals surface area contributed by atoms with E-state index in [4.69, 9.17) is 4.74 Å². The van der Waals surface area contributed by atoms with Gasteiger partial charge in [-0.1, -0.05) is 0 Å². The molecule has 1 rings (SSSR count). The highest BCUT2D eigenvalue weighted by molar-refractivity contribution is 5.42. The van der Waals surface area contributed by atoms with E-state index >= 15 is 0 Å². The molecule has 0 bridgehead atoms. The number of nitrogens with one attached hydrogen (secondary N) is 1. The van der Waals surface area contributed by atoms with Gasteiger partial charge in [-0.2, -0.15) is 5.10 Å². The first kappa shape index (κ1) is 17.7. The highest BCUT2D eigenvalue weighted by Gasteiger charge is 2.05. The van der Waals surface area contributed by atoms with Crippen molar-refractivity contribution in [2.75, 3.05) is 44.8 Å². The third-order valence-electron chi connectivity index (χ3n) is 3.44. The van der Waals surface area contributed by atoms with Crippen molar-refractivity contribution in [1.82, 2.24) is 15.1 Å². The second-order valence-electron chi connectivity index (χ2n) is 4.90. The van der Waals surface area contributed by atoms with Crippen LogP contribution < -0.4 is 15.8 Å². The average molecular weight is 296 g/mol. The van der Waals surface area contributed by atoms with E-state index in [1.54, 1.807) is 24.1 Å². The summed E-state index contributed by atoms with van der Waals surface area (Å²) in [6.07, 6.45) is 3.75. The molecule has 0 radical (unpaired) electrons. The molecule has 6 heteroatoms. The quantitative estimate of drug-likeness (QED) is 0.620. The van der Waals surface area contributed by atoms with E-state index in [1.807, 2.05) is 0 Å². The van der Waals surface area contributed by atoms with Gasteiger partial charge in [-0.15, -0.1) is 0 Å². The molecule has 6 nitrogen and oxygen atoms in total. The minimum Gasteiger partial charge on any atom is -0.383 e. The highest BCUT2D eigenvalue weighted by atomic mass is 16.5. The molecule has 0 fully saturated rings. The molecule has 1 aromatic rings. The fourth-order valence-electron chi connectivity index (χ4n) is 2.16. The minimum absolute atomic E-state index is 0.0215. The molecular weight excluding hydrogens is 268 g/mol. The van der Waals surface area contributed by atoms with Gasteiger partial charge in [0.25, 0.3) is 5.56 Å². The van der Waals surface area contributed by atoms with Crippen LogP contribution in [0.2, 0.25) is 0 Å². The molecule has 0 amide bonds. The maximum atomic E-state index is 12.0. The number of rotatable bonds is 11. The van der Waals surface area contributed by atoms with E-state index in [0.29, 0.717) is 6.54 Å². The van der Waals surface area contributed by atoms with Gasteiger partial charge in [0.1, 0.15) is 0 Å². The third kappa shape index (κ3) is 6.27. The van der Waals surface area contributed by atoms with E-state index in [2.05, 4.69) is 29.2 Å². The normalized spacial score (nSPS) is 10.8. The lowest BCUT2D eigenvalue weighted by Gasteiger charge is -2.20. The Labute approximate surface area is 127 Å². The fourth-order valence-corrected chi connectivity index (χ4v) is 2.16. The number of aromatic nitrogens is 2. The maximum absolute atomic E-state index is 12.0. The summed E-state index contributed by atoms with van der Waals surface area (Å²) in [6, 6.07) is 1.68. The third-order valence-corrected chi connectivity index (χ3v) is 3.44. The molecule has 0 saturated carbocycles. The summed E-state index contributed by atoms with van der Waals surface area (Å²) in [5, 5.41) is 7.55. The SMILES string of the molecule is CCN(CC)c1cnn(CCCCNCCOC)c(=O)c1. The lowest BCUT2D eigenvalue weighted by atomic mass is 10.3. The van der Waals surface area contributed by atoms with Crippen molar-refractivity contribution in [3.05, 3.63) is 22.6 Å². The van der Waals surface area contributed by atoms with Crippen molar-refractivity contribution >= 4 is 5.69 Å². The number of ether oxygens (including phenoxy) is 1. The van der Waals surface area contributed by atoms with Crippen molar-refractivity contribution < 1.29 is 4.74 Å². The topological polar surface area (TPSA) is 59.4 Å². The predicted molar refractivity (Wildman–Crippen MR) is 86.0 cm³/mol. The molecule has 0 saturated heterocycles. The largest absolute Gasteiger partial charge is 0.383 e. The molecule has 0 spiro atoms. The number of aryl methyl sites for hydroxylation is 1. The Hall–Kier alpha value is -1.40. The standard InChI is InChI=1S/C15H28N4O2/c1-4-18(5-2)14-12-15(20)19(17-13-14)10-7-6-8-16-9-11-21-3/h12-13,16H,4-11H2,1-3H3. The van der Waals surface area contributed by atoms with Crippen molar-refractivity contribution in [2.24, 2.45) is 0 Å². The first-order chi connectivity index (χ1) is 10.2. The van der Waals surface area contributed by atoms with E-state index in [0.717, 1.165) is 51.3 Å². The van der Waals surface area contributed by atoms with Gasteiger partial charge in [-0.25, -0.2) is 4.68 Å². The molecule has 0 atom stereocenters. The monoisotopic (exact) mass is 296 g/mol. The van der Waals surface area contributed by atoms with Crippen molar-refractivity contribution in [1.29, 1.82) is 0 Å². The number of unbranched alkanes of at least 4 members (excludes halogenated alkanes) is 1. The molecule has 0 aliphatic rings. The van der Waals surface area contributed by atoms with E-state index in [1.165, 1.54) is 0 Å². The summed E-state index contributed by atoms with van der Waals surface area (Å²) in [5.74, 6) is 0. The van der Waals surface area contributed by atoms with Crippen molar-refractivity contribution in [3.63, 3.8) is 0 Å². The fraction of sp³-hybridized carbons (Fsp3) is 0.733. The first-order valence-corrected chi connectivity index (χ1v) is 7.74. The van der Waals surface area contributed by atoms with Crippen LogP contribution in [0.25, 0.3) is 0 Å². The number of nitrogens with zero attached hydrogens (tertiary/aromatic N) is 3. The number of hydrogen-bond donors (Lipinski definition) is 1. The molecule has 1 N–H and O–H groups in total. The summed E-state index contributed by atoms with van der Waals surface area (Å²) in [4.78, 5) is 14.1. The van der Waals surface area contributed by atoms with Gasteiger partial charge in [0.15, 0.2) is 0 Å². The lowest BCUT2D eigenvalue weighted by Crippen LogP contribution is -2.28. The molecule has 0 aliphatic heterocycles. The molecule has 0 unspecified atom stereocenters. The molecular formula is C15H28N4O2. The van der Waals surface area contributed by atoms with Gasteiger partial charge in [0.05, 0.1) is 18.5 Å². The van der Waals surface area contributed by atoms with Gasteiger partial charge in [0.2, 0.25) is 0 Å². The van der Waals surface area contributed by atoms with Crippen molar-refractivity contribution in [3.8, 4) is 0 Å². The second kappa shape index (κ2) is 10.3. The second-order valence-corrected chi connectivity index (χ2v) is 4.90. The predicted octanol–water partition coefficient (Wildman–Crippen LogP) is 1.11. The van der Waals surface area contributed by atoms with Gasteiger partial charge in [-0.3, -0.25) is 4.79 Å². The van der Waals surface area contributed by atoms with Crippen LogP contribution in [0.1, 0.15) is 26.7 Å². The Morgan fingerprint density at radius 1 is 1.29 bits per heavy atom.